The van der Waals surface area contributed by atoms with Gasteiger partial charge in [-0.05, 0) is 60.7 Å². The molecule has 1 N–H and O–H groups in total. The number of furan rings is 1. The van der Waals surface area contributed by atoms with E-state index in [1.165, 1.54) is 38.5 Å². The molecule has 0 aromatic carbocycles. The molecule has 1 aliphatic carbocycles. The summed E-state index contributed by atoms with van der Waals surface area (Å²) in [6.07, 6.45) is 8.40. The maximum atomic E-state index is 5.61. The third-order valence-electron chi connectivity index (χ3n) is 4.14. The number of hydrogen-bond acceptors (Lipinski definition) is 2. The SMILES string of the molecule is CC(N[C@H](C)C1CCCCCC1)c1ccc(Br)o1. The van der Waals surface area contributed by atoms with Gasteiger partial charge < -0.3 is 9.73 Å². The Bertz CT molecular complexity index is 355. The normalized spacial score (nSPS) is 21.5. The van der Waals surface area contributed by atoms with Gasteiger partial charge in [0.25, 0.3) is 0 Å². The number of rotatable bonds is 4. The van der Waals surface area contributed by atoms with Gasteiger partial charge in [-0.15, -0.1) is 0 Å². The first-order chi connectivity index (χ1) is 8.66. The van der Waals surface area contributed by atoms with E-state index >= 15 is 0 Å². The predicted octanol–water partition coefficient (Wildman–Crippen LogP) is 5.05. The molecule has 0 aliphatic heterocycles. The predicted molar refractivity (Wildman–Crippen MR) is 78.6 cm³/mol. The van der Waals surface area contributed by atoms with Crippen LogP contribution in [0.15, 0.2) is 21.2 Å². The number of nitrogens with one attached hydrogen (secondary N) is 1. The van der Waals surface area contributed by atoms with Crippen LogP contribution in [-0.2, 0) is 0 Å². The van der Waals surface area contributed by atoms with Crippen LogP contribution < -0.4 is 5.32 Å². The molecule has 2 nitrogen and oxygen atoms in total. The molecule has 1 unspecified atom stereocenters. The molecule has 1 heterocycles. The largest absolute Gasteiger partial charge is 0.453 e. The van der Waals surface area contributed by atoms with E-state index in [0.717, 1.165) is 16.3 Å². The Kier molecular flexibility index (Phi) is 5.31. The van der Waals surface area contributed by atoms with E-state index in [9.17, 15) is 0 Å². The Hall–Kier alpha value is -0.280. The molecular formula is C15H24BrNO. The summed E-state index contributed by atoms with van der Waals surface area (Å²) < 4.78 is 6.43. The maximum Gasteiger partial charge on any atom is 0.169 e. The molecule has 0 bridgehead atoms. The zero-order chi connectivity index (χ0) is 13.0. The average molecular weight is 314 g/mol. The van der Waals surface area contributed by atoms with Crippen LogP contribution >= 0.6 is 15.9 Å². The van der Waals surface area contributed by atoms with Crippen LogP contribution in [0, 0.1) is 5.92 Å². The molecule has 0 saturated heterocycles. The summed E-state index contributed by atoms with van der Waals surface area (Å²) in [7, 11) is 0. The molecule has 2 rings (SSSR count). The van der Waals surface area contributed by atoms with Gasteiger partial charge in [0.1, 0.15) is 5.76 Å². The molecule has 2 atom stereocenters. The molecule has 1 aromatic rings. The fourth-order valence-corrected chi connectivity index (χ4v) is 3.30. The van der Waals surface area contributed by atoms with Crippen LogP contribution in [0.2, 0.25) is 0 Å². The highest BCUT2D eigenvalue weighted by Crippen LogP contribution is 2.27. The molecule has 1 aliphatic rings. The van der Waals surface area contributed by atoms with Crippen LogP contribution in [0.25, 0.3) is 0 Å². The minimum atomic E-state index is 0.287. The van der Waals surface area contributed by atoms with Gasteiger partial charge >= 0.3 is 0 Å². The number of hydrogen-bond donors (Lipinski definition) is 1. The minimum absolute atomic E-state index is 0.287. The third-order valence-corrected chi connectivity index (χ3v) is 4.57. The highest BCUT2D eigenvalue weighted by molar-refractivity contribution is 9.10. The highest BCUT2D eigenvalue weighted by atomic mass is 79.9. The van der Waals surface area contributed by atoms with Crippen molar-refractivity contribution in [2.45, 2.75) is 64.5 Å². The average Bonchev–Trinajstić information content (AvgIpc) is 2.63. The lowest BCUT2D eigenvalue weighted by Gasteiger charge is -2.26. The molecule has 1 fully saturated rings. The summed E-state index contributed by atoms with van der Waals surface area (Å²) in [4.78, 5) is 0. The molecule has 0 amide bonds. The summed E-state index contributed by atoms with van der Waals surface area (Å²) in [6, 6.07) is 4.86. The zero-order valence-electron chi connectivity index (χ0n) is 11.4. The lowest BCUT2D eigenvalue weighted by atomic mass is 9.92. The van der Waals surface area contributed by atoms with E-state index in [-0.39, 0.29) is 6.04 Å². The van der Waals surface area contributed by atoms with E-state index in [4.69, 9.17) is 4.42 Å². The van der Waals surface area contributed by atoms with Crippen molar-refractivity contribution in [3.8, 4) is 0 Å². The molecule has 3 heteroatoms. The summed E-state index contributed by atoms with van der Waals surface area (Å²) in [5.41, 5.74) is 0. The van der Waals surface area contributed by atoms with Gasteiger partial charge in [0.2, 0.25) is 0 Å². The van der Waals surface area contributed by atoms with E-state index in [2.05, 4.69) is 35.1 Å². The topological polar surface area (TPSA) is 25.2 Å². The van der Waals surface area contributed by atoms with Crippen molar-refractivity contribution in [1.29, 1.82) is 0 Å². The smallest absolute Gasteiger partial charge is 0.169 e. The first-order valence-electron chi connectivity index (χ1n) is 7.18. The van der Waals surface area contributed by atoms with Gasteiger partial charge in [-0.2, -0.15) is 0 Å². The van der Waals surface area contributed by atoms with Crippen LogP contribution in [0.4, 0.5) is 0 Å². The third kappa shape index (κ3) is 3.86. The Morgan fingerprint density at radius 3 is 2.39 bits per heavy atom. The Morgan fingerprint density at radius 1 is 1.17 bits per heavy atom. The molecule has 18 heavy (non-hydrogen) atoms. The molecular weight excluding hydrogens is 290 g/mol. The second-order valence-corrected chi connectivity index (χ2v) is 6.35. The Balaban J connectivity index is 1.87. The van der Waals surface area contributed by atoms with Crippen LogP contribution in [0.5, 0.6) is 0 Å². The second-order valence-electron chi connectivity index (χ2n) is 5.57. The first-order valence-corrected chi connectivity index (χ1v) is 7.97. The van der Waals surface area contributed by atoms with E-state index in [1.54, 1.807) is 0 Å². The lowest BCUT2D eigenvalue weighted by Crippen LogP contribution is -2.35. The van der Waals surface area contributed by atoms with Crippen molar-refractivity contribution in [2.24, 2.45) is 5.92 Å². The van der Waals surface area contributed by atoms with Crippen molar-refractivity contribution < 1.29 is 4.42 Å². The van der Waals surface area contributed by atoms with Crippen molar-refractivity contribution in [1.82, 2.24) is 5.32 Å². The summed E-state index contributed by atoms with van der Waals surface area (Å²) in [5.74, 6) is 1.84. The van der Waals surface area contributed by atoms with Crippen molar-refractivity contribution in [3.05, 3.63) is 22.6 Å². The summed E-state index contributed by atoms with van der Waals surface area (Å²) >= 11 is 3.36. The number of halogens is 1. The van der Waals surface area contributed by atoms with Crippen LogP contribution in [-0.4, -0.2) is 6.04 Å². The Labute approximate surface area is 119 Å². The van der Waals surface area contributed by atoms with E-state index < -0.39 is 0 Å². The van der Waals surface area contributed by atoms with Crippen molar-refractivity contribution in [2.75, 3.05) is 0 Å². The lowest BCUT2D eigenvalue weighted by molar-refractivity contribution is 0.298. The second kappa shape index (κ2) is 6.76. The van der Waals surface area contributed by atoms with Gasteiger partial charge in [-0.1, -0.05) is 25.7 Å². The quantitative estimate of drug-likeness (QED) is 0.787. The highest BCUT2D eigenvalue weighted by Gasteiger charge is 2.21. The van der Waals surface area contributed by atoms with Crippen LogP contribution in [0.1, 0.15) is 64.2 Å². The standard InChI is InChI=1S/C15H24BrNO/c1-11(13-7-5-3-4-6-8-13)17-12(2)14-9-10-15(16)18-14/h9-13,17H,3-8H2,1-2H3/t11-,12?/m1/s1. The van der Waals surface area contributed by atoms with Gasteiger partial charge in [0.15, 0.2) is 4.67 Å². The maximum absolute atomic E-state index is 5.61. The van der Waals surface area contributed by atoms with Crippen molar-refractivity contribution in [3.63, 3.8) is 0 Å². The van der Waals surface area contributed by atoms with Gasteiger partial charge in [-0.3, -0.25) is 0 Å². The molecule has 1 saturated carbocycles. The first kappa shape index (κ1) is 14.1. The van der Waals surface area contributed by atoms with E-state index in [1.807, 2.05) is 12.1 Å². The van der Waals surface area contributed by atoms with Gasteiger partial charge in [-0.25, -0.2) is 0 Å². The zero-order valence-corrected chi connectivity index (χ0v) is 13.0. The molecule has 0 spiro atoms. The fraction of sp³-hybridized carbons (Fsp3) is 0.733. The monoisotopic (exact) mass is 313 g/mol. The molecule has 0 radical (unpaired) electrons. The summed E-state index contributed by atoms with van der Waals surface area (Å²) in [5, 5.41) is 3.69. The minimum Gasteiger partial charge on any atom is -0.453 e. The van der Waals surface area contributed by atoms with Gasteiger partial charge in [0, 0.05) is 6.04 Å². The van der Waals surface area contributed by atoms with Crippen LogP contribution in [0.3, 0.4) is 0 Å². The van der Waals surface area contributed by atoms with E-state index in [0.29, 0.717) is 6.04 Å². The summed E-state index contributed by atoms with van der Waals surface area (Å²) in [6.45, 7) is 4.50. The van der Waals surface area contributed by atoms with Gasteiger partial charge in [0.05, 0.1) is 6.04 Å². The molecule has 102 valence electrons. The Morgan fingerprint density at radius 2 is 1.83 bits per heavy atom. The van der Waals surface area contributed by atoms with Crippen molar-refractivity contribution >= 4 is 15.9 Å². The fourth-order valence-electron chi connectivity index (χ4n) is 2.98. The molecule has 1 aromatic heterocycles.